The fourth-order valence-corrected chi connectivity index (χ4v) is 5.03. The Morgan fingerprint density at radius 2 is 2.10 bits per heavy atom. The fraction of sp³-hybridized carbons (Fsp3) is 0.375. The van der Waals surface area contributed by atoms with Crippen LogP contribution in [0.5, 0.6) is 0 Å². The molecule has 0 aliphatic carbocycles. The van der Waals surface area contributed by atoms with E-state index in [1.165, 1.54) is 4.88 Å². The number of hydrogen-bond acceptors (Lipinski definition) is 4. The third-order valence-electron chi connectivity index (χ3n) is 6.00. The molecule has 1 aromatic carbocycles. The monoisotopic (exact) mass is 436 g/mol. The molecule has 7 heteroatoms. The zero-order chi connectivity index (χ0) is 22.0. The fourth-order valence-electron chi connectivity index (χ4n) is 4.30. The average Bonchev–Trinajstić information content (AvgIpc) is 3.54. The third-order valence-corrected chi connectivity index (χ3v) is 6.92. The summed E-state index contributed by atoms with van der Waals surface area (Å²) in [5.74, 6) is -0.0767. The summed E-state index contributed by atoms with van der Waals surface area (Å²) in [6, 6.07) is 12.7. The van der Waals surface area contributed by atoms with E-state index in [-0.39, 0.29) is 17.9 Å². The zero-order valence-corrected chi connectivity index (χ0v) is 19.0. The van der Waals surface area contributed by atoms with Crippen LogP contribution >= 0.6 is 11.3 Å². The number of amides is 2. The smallest absolute Gasteiger partial charge is 0.257 e. The Hall–Kier alpha value is -2.93. The molecule has 2 amide bonds. The second-order valence-electron chi connectivity index (χ2n) is 8.49. The second-order valence-corrected chi connectivity index (χ2v) is 9.44. The molecule has 162 valence electrons. The van der Waals surface area contributed by atoms with E-state index >= 15 is 0 Å². The highest BCUT2D eigenvalue weighted by Gasteiger charge is 2.45. The average molecular weight is 437 g/mol. The van der Waals surface area contributed by atoms with E-state index in [4.69, 9.17) is 0 Å². The summed E-state index contributed by atoms with van der Waals surface area (Å²) >= 11 is 1.70. The normalized spacial score (nSPS) is 18.5. The van der Waals surface area contributed by atoms with Gasteiger partial charge < -0.3 is 10.2 Å². The van der Waals surface area contributed by atoms with Crippen molar-refractivity contribution in [3.8, 4) is 10.4 Å². The molecule has 0 radical (unpaired) electrons. The number of aromatic nitrogens is 2. The van der Waals surface area contributed by atoms with Crippen molar-refractivity contribution in [3.05, 3.63) is 65.3 Å². The molecule has 0 spiro atoms. The number of nitrogens with one attached hydrogen (secondary N) is 1. The zero-order valence-electron chi connectivity index (χ0n) is 18.2. The molecule has 1 fully saturated rings. The number of carbonyl (C=O) groups is 2. The maximum atomic E-state index is 13.1. The quantitative estimate of drug-likeness (QED) is 0.635. The number of thiophene rings is 1. The van der Waals surface area contributed by atoms with Gasteiger partial charge in [-0.1, -0.05) is 30.3 Å². The Bertz CT molecular complexity index is 1070. The molecule has 0 bridgehead atoms. The van der Waals surface area contributed by atoms with E-state index < -0.39 is 5.41 Å². The number of likely N-dealkylation sites (tertiary alicyclic amines) is 1. The van der Waals surface area contributed by atoms with Crippen LogP contribution in [0.15, 0.2) is 54.2 Å². The topological polar surface area (TPSA) is 67.2 Å². The molecule has 2 aromatic heterocycles. The van der Waals surface area contributed by atoms with E-state index in [1.807, 2.05) is 26.0 Å². The number of benzene rings is 1. The minimum atomic E-state index is -0.632. The van der Waals surface area contributed by atoms with Crippen molar-refractivity contribution in [2.24, 2.45) is 5.41 Å². The van der Waals surface area contributed by atoms with Gasteiger partial charge in [-0.2, -0.15) is 5.10 Å². The summed E-state index contributed by atoms with van der Waals surface area (Å²) in [5.41, 5.74) is 2.20. The lowest BCUT2D eigenvalue weighted by atomic mass is 9.79. The van der Waals surface area contributed by atoms with Gasteiger partial charge in [-0.25, -0.2) is 0 Å². The largest absolute Gasteiger partial charge is 0.359 e. The van der Waals surface area contributed by atoms with Crippen LogP contribution < -0.4 is 5.32 Å². The lowest BCUT2D eigenvalue weighted by Gasteiger charge is -2.28. The predicted molar refractivity (Wildman–Crippen MR) is 123 cm³/mol. The van der Waals surface area contributed by atoms with Gasteiger partial charge in [0.15, 0.2) is 0 Å². The van der Waals surface area contributed by atoms with Gasteiger partial charge in [0.1, 0.15) is 0 Å². The molecule has 1 aliphatic heterocycles. The van der Waals surface area contributed by atoms with Gasteiger partial charge in [-0.05, 0) is 49.3 Å². The van der Waals surface area contributed by atoms with E-state index in [0.29, 0.717) is 31.5 Å². The molecular formula is C24H28N4O2S. The summed E-state index contributed by atoms with van der Waals surface area (Å²) < 4.78 is 1.78. The van der Waals surface area contributed by atoms with Gasteiger partial charge >= 0.3 is 0 Å². The molecular weight excluding hydrogens is 408 g/mol. The molecule has 3 heterocycles. The summed E-state index contributed by atoms with van der Waals surface area (Å²) in [7, 11) is 1.67. The van der Waals surface area contributed by atoms with Crippen LogP contribution in [-0.2, 0) is 11.2 Å². The first-order chi connectivity index (χ1) is 14.9. The molecule has 31 heavy (non-hydrogen) atoms. The summed E-state index contributed by atoms with van der Waals surface area (Å²) in [6.07, 6.45) is 4.64. The molecule has 0 saturated carbocycles. The van der Waals surface area contributed by atoms with E-state index in [1.54, 1.807) is 40.4 Å². The van der Waals surface area contributed by atoms with Gasteiger partial charge in [0, 0.05) is 37.3 Å². The lowest BCUT2D eigenvalue weighted by molar-refractivity contribution is -0.129. The van der Waals surface area contributed by atoms with Crippen molar-refractivity contribution in [3.63, 3.8) is 0 Å². The number of hydrogen-bond donors (Lipinski definition) is 1. The van der Waals surface area contributed by atoms with E-state index in [2.05, 4.69) is 40.1 Å². The van der Waals surface area contributed by atoms with Crippen molar-refractivity contribution in [1.82, 2.24) is 20.0 Å². The Morgan fingerprint density at radius 3 is 2.77 bits per heavy atom. The first kappa shape index (κ1) is 21.3. The van der Waals surface area contributed by atoms with E-state index in [9.17, 15) is 9.59 Å². The Kier molecular flexibility index (Phi) is 5.96. The Labute approximate surface area is 186 Å². The number of nitrogens with zero attached hydrogens (tertiary/aromatic N) is 3. The first-order valence-electron chi connectivity index (χ1n) is 10.6. The van der Waals surface area contributed by atoms with Gasteiger partial charge in [0.2, 0.25) is 5.91 Å². The van der Waals surface area contributed by atoms with Gasteiger partial charge in [-0.3, -0.25) is 14.3 Å². The maximum absolute atomic E-state index is 13.1. The second kappa shape index (κ2) is 8.67. The van der Waals surface area contributed by atoms with Crippen molar-refractivity contribution >= 4 is 23.2 Å². The minimum Gasteiger partial charge on any atom is -0.359 e. The van der Waals surface area contributed by atoms with Crippen molar-refractivity contribution in [2.45, 2.75) is 32.7 Å². The summed E-state index contributed by atoms with van der Waals surface area (Å²) in [5, 5.41) is 9.19. The summed E-state index contributed by atoms with van der Waals surface area (Å²) in [4.78, 5) is 29.1. The molecule has 0 unspecified atom stereocenters. The van der Waals surface area contributed by atoms with Crippen LogP contribution in [0, 0.1) is 5.41 Å². The maximum Gasteiger partial charge on any atom is 0.257 e. The first-order valence-corrected chi connectivity index (χ1v) is 11.5. The third kappa shape index (κ3) is 4.28. The molecule has 6 nitrogen and oxygen atoms in total. The Balaban J connectivity index is 1.56. The molecule has 1 N–H and O–H groups in total. The van der Waals surface area contributed by atoms with Gasteiger partial charge in [0.05, 0.1) is 17.2 Å². The van der Waals surface area contributed by atoms with Crippen molar-refractivity contribution in [1.29, 1.82) is 0 Å². The molecule has 3 aromatic rings. The molecule has 4 rings (SSSR count). The molecule has 1 aliphatic rings. The minimum absolute atomic E-state index is 0.0118. The van der Waals surface area contributed by atoms with Crippen LogP contribution in [0.3, 0.4) is 0 Å². The Morgan fingerprint density at radius 1 is 1.26 bits per heavy atom. The lowest BCUT2D eigenvalue weighted by Crippen LogP contribution is -2.44. The number of carbonyl (C=O) groups excluding carboxylic acids is 2. The van der Waals surface area contributed by atoms with Gasteiger partial charge in [-0.15, -0.1) is 11.3 Å². The highest BCUT2D eigenvalue weighted by atomic mass is 32.1. The van der Waals surface area contributed by atoms with Crippen LogP contribution in [0.1, 0.15) is 42.2 Å². The van der Waals surface area contributed by atoms with Crippen molar-refractivity contribution < 1.29 is 9.59 Å². The molecule has 1 saturated heterocycles. The van der Waals surface area contributed by atoms with E-state index in [0.717, 1.165) is 11.1 Å². The van der Waals surface area contributed by atoms with Crippen LogP contribution in [0.2, 0.25) is 0 Å². The van der Waals surface area contributed by atoms with Crippen molar-refractivity contribution in [2.75, 3.05) is 20.1 Å². The highest BCUT2D eigenvalue weighted by Crippen LogP contribution is 2.36. The summed E-state index contributed by atoms with van der Waals surface area (Å²) in [6.45, 7) is 5.02. The molecule has 1 atom stereocenters. The highest BCUT2D eigenvalue weighted by molar-refractivity contribution is 7.13. The van der Waals surface area contributed by atoms with Crippen LogP contribution in [-0.4, -0.2) is 46.6 Å². The van der Waals surface area contributed by atoms with Crippen LogP contribution in [0.25, 0.3) is 10.4 Å². The predicted octanol–water partition coefficient (Wildman–Crippen LogP) is 4.01. The van der Waals surface area contributed by atoms with Gasteiger partial charge in [0.25, 0.3) is 5.91 Å². The van der Waals surface area contributed by atoms with Crippen LogP contribution in [0.4, 0.5) is 0 Å². The number of rotatable bonds is 6. The standard InChI is InChI=1S/C24H28N4O2S/c1-17(2)28-15-20(14-26-28)22(29)27-10-9-24(16-27,23(30)25-3)13-18-6-4-7-19(12-18)21-8-5-11-31-21/h4-8,11-12,14-15,17H,9-10,13,16H2,1-3H3,(H,25,30)/t24-/m0/s1. The SMILES string of the molecule is CNC(=O)[C@]1(Cc2cccc(-c3cccs3)c2)CCN(C(=O)c2cnn(C(C)C)c2)C1.